The van der Waals surface area contributed by atoms with Crippen LogP contribution < -0.4 is 10.6 Å². The van der Waals surface area contributed by atoms with Gasteiger partial charge in [0.05, 0.1) is 6.61 Å². The molecular weight excluding hydrogens is 360 g/mol. The van der Waals surface area contributed by atoms with Crippen molar-refractivity contribution in [3.63, 3.8) is 0 Å². The van der Waals surface area contributed by atoms with Gasteiger partial charge in [-0.05, 0) is 32.3 Å². The van der Waals surface area contributed by atoms with Crippen LogP contribution in [0.3, 0.4) is 0 Å². The lowest BCUT2D eigenvalue weighted by atomic mass is 9.85. The minimum Gasteiger partial charge on any atom is -0.383 e. The highest BCUT2D eigenvalue weighted by Gasteiger charge is 2.45. The minimum atomic E-state index is -1.17. The fourth-order valence-corrected chi connectivity index (χ4v) is 2.97. The molecular formula is C21H32N2O5. The van der Waals surface area contributed by atoms with Gasteiger partial charge in [-0.1, -0.05) is 44.2 Å². The molecule has 0 aliphatic carbocycles. The van der Waals surface area contributed by atoms with Crippen LogP contribution >= 0.6 is 0 Å². The van der Waals surface area contributed by atoms with E-state index >= 15 is 0 Å². The van der Waals surface area contributed by atoms with E-state index in [1.54, 1.807) is 13.8 Å². The molecule has 7 nitrogen and oxygen atoms in total. The Morgan fingerprint density at radius 2 is 1.82 bits per heavy atom. The molecule has 2 amide bonds. The maximum absolute atomic E-state index is 12.5. The number of carbonyl (C=O) groups excluding carboxylic acids is 2. The highest BCUT2D eigenvalue weighted by atomic mass is 16.7. The molecule has 1 aromatic carbocycles. The van der Waals surface area contributed by atoms with Gasteiger partial charge in [0.2, 0.25) is 11.8 Å². The second kappa shape index (κ2) is 9.49. The largest absolute Gasteiger partial charge is 0.383 e. The molecule has 156 valence electrons. The second-order valence-corrected chi connectivity index (χ2v) is 8.30. The lowest BCUT2D eigenvalue weighted by molar-refractivity contribution is -0.304. The number of aliphatic hydroxyl groups is 1. The molecule has 0 spiro atoms. The number of rotatable bonds is 8. The van der Waals surface area contributed by atoms with E-state index in [9.17, 15) is 14.7 Å². The molecule has 1 aliphatic heterocycles. The normalized spacial score (nSPS) is 21.5. The summed E-state index contributed by atoms with van der Waals surface area (Å²) in [5.41, 5.74) is 0.652. The van der Waals surface area contributed by atoms with E-state index in [4.69, 9.17) is 9.47 Å². The lowest BCUT2D eigenvalue weighted by Crippen LogP contribution is -2.56. The van der Waals surface area contributed by atoms with Crippen molar-refractivity contribution in [3.8, 4) is 0 Å². The highest BCUT2D eigenvalue weighted by molar-refractivity contribution is 5.82. The number of benzene rings is 1. The van der Waals surface area contributed by atoms with E-state index in [0.29, 0.717) is 19.6 Å². The molecule has 1 aromatic rings. The van der Waals surface area contributed by atoms with Crippen molar-refractivity contribution in [3.05, 3.63) is 35.9 Å². The predicted molar refractivity (Wildman–Crippen MR) is 105 cm³/mol. The number of hydrogen-bond donors (Lipinski definition) is 3. The van der Waals surface area contributed by atoms with Gasteiger partial charge >= 0.3 is 0 Å². The Morgan fingerprint density at radius 3 is 2.50 bits per heavy atom. The molecule has 2 atom stereocenters. The summed E-state index contributed by atoms with van der Waals surface area (Å²) in [5, 5.41) is 15.5. The summed E-state index contributed by atoms with van der Waals surface area (Å²) in [4.78, 5) is 24.5. The summed E-state index contributed by atoms with van der Waals surface area (Å²) in [5.74, 6) is -1.53. The maximum atomic E-state index is 12.5. The van der Waals surface area contributed by atoms with Crippen LogP contribution in [0.4, 0.5) is 0 Å². The molecule has 28 heavy (non-hydrogen) atoms. The third-order valence-corrected chi connectivity index (χ3v) is 4.72. The van der Waals surface area contributed by atoms with Crippen LogP contribution in [0.25, 0.3) is 0 Å². The van der Waals surface area contributed by atoms with Gasteiger partial charge in [0.15, 0.2) is 5.79 Å². The SMILES string of the molecule is CC1(C)OCC(C)(C)C(C(=O)NCCC(O)C(=O)NCCc2ccccc2)O1. The first-order chi connectivity index (χ1) is 13.1. The van der Waals surface area contributed by atoms with Gasteiger partial charge in [0, 0.05) is 18.5 Å². The molecule has 2 unspecified atom stereocenters. The maximum Gasteiger partial charge on any atom is 0.249 e. The molecule has 3 N–H and O–H groups in total. The Labute approximate surface area is 166 Å². The van der Waals surface area contributed by atoms with Gasteiger partial charge in [-0.15, -0.1) is 0 Å². The number of carbonyl (C=O) groups is 2. The fourth-order valence-electron chi connectivity index (χ4n) is 2.97. The topological polar surface area (TPSA) is 96.9 Å². The van der Waals surface area contributed by atoms with Gasteiger partial charge in [-0.2, -0.15) is 0 Å². The molecule has 2 rings (SSSR count). The average molecular weight is 392 g/mol. The summed E-state index contributed by atoms with van der Waals surface area (Å²) >= 11 is 0. The summed E-state index contributed by atoms with van der Waals surface area (Å²) in [6, 6.07) is 9.80. The van der Waals surface area contributed by atoms with Crippen LogP contribution in [0.5, 0.6) is 0 Å². The predicted octanol–water partition coefficient (Wildman–Crippen LogP) is 1.39. The molecule has 1 aliphatic rings. The van der Waals surface area contributed by atoms with E-state index in [1.165, 1.54) is 0 Å². The molecule has 0 radical (unpaired) electrons. The lowest BCUT2D eigenvalue weighted by Gasteiger charge is -2.44. The van der Waals surface area contributed by atoms with E-state index in [2.05, 4.69) is 10.6 Å². The molecule has 1 fully saturated rings. The summed E-state index contributed by atoms with van der Waals surface area (Å²) in [6.45, 7) is 8.39. The fraction of sp³-hybridized carbons (Fsp3) is 0.619. The molecule has 0 aromatic heterocycles. The summed E-state index contributed by atoms with van der Waals surface area (Å²) in [6.07, 6.45) is -0.998. The van der Waals surface area contributed by atoms with Crippen molar-refractivity contribution < 1.29 is 24.2 Å². The number of ether oxygens (including phenoxy) is 2. The Kier molecular flexibility index (Phi) is 7.57. The highest BCUT2D eigenvalue weighted by Crippen LogP contribution is 2.34. The monoisotopic (exact) mass is 392 g/mol. The number of hydrogen-bond acceptors (Lipinski definition) is 5. The van der Waals surface area contributed by atoms with Crippen molar-refractivity contribution in [2.24, 2.45) is 5.41 Å². The standard InChI is InChI=1S/C21H32N2O5/c1-20(2)14-27-21(3,4)28-17(20)19(26)23-13-11-16(24)18(25)22-12-10-15-8-6-5-7-9-15/h5-9,16-17,24H,10-14H2,1-4H3,(H,22,25)(H,23,26). The Balaban J connectivity index is 1.71. The number of amides is 2. The number of nitrogens with one attached hydrogen (secondary N) is 2. The summed E-state index contributed by atoms with van der Waals surface area (Å²) in [7, 11) is 0. The number of aliphatic hydroxyl groups excluding tert-OH is 1. The Hall–Kier alpha value is -1.96. The smallest absolute Gasteiger partial charge is 0.249 e. The van der Waals surface area contributed by atoms with Crippen LogP contribution in [0.15, 0.2) is 30.3 Å². The molecule has 1 heterocycles. The molecule has 0 bridgehead atoms. The van der Waals surface area contributed by atoms with Crippen LogP contribution in [0, 0.1) is 5.41 Å². The summed E-state index contributed by atoms with van der Waals surface area (Å²) < 4.78 is 11.4. The average Bonchev–Trinajstić information content (AvgIpc) is 2.64. The first-order valence-electron chi connectivity index (χ1n) is 9.70. The van der Waals surface area contributed by atoms with Gasteiger partial charge in [-0.25, -0.2) is 0 Å². The third kappa shape index (κ3) is 6.58. The van der Waals surface area contributed by atoms with Gasteiger partial charge < -0.3 is 25.2 Å². The Bertz CT molecular complexity index is 660. The quantitative estimate of drug-likeness (QED) is 0.621. The first kappa shape index (κ1) is 22.3. The van der Waals surface area contributed by atoms with Crippen molar-refractivity contribution in [2.75, 3.05) is 19.7 Å². The van der Waals surface area contributed by atoms with E-state index in [0.717, 1.165) is 5.56 Å². The van der Waals surface area contributed by atoms with Gasteiger partial charge in [-0.3, -0.25) is 9.59 Å². The van der Waals surface area contributed by atoms with E-state index in [-0.39, 0.29) is 18.9 Å². The molecule has 0 saturated carbocycles. The van der Waals surface area contributed by atoms with Gasteiger partial charge in [0.1, 0.15) is 12.2 Å². The van der Waals surface area contributed by atoms with Crippen LogP contribution in [-0.4, -0.2) is 54.6 Å². The third-order valence-electron chi connectivity index (χ3n) is 4.72. The molecule has 1 saturated heterocycles. The van der Waals surface area contributed by atoms with E-state index < -0.39 is 29.3 Å². The van der Waals surface area contributed by atoms with Gasteiger partial charge in [0.25, 0.3) is 0 Å². The zero-order valence-corrected chi connectivity index (χ0v) is 17.2. The van der Waals surface area contributed by atoms with Crippen LogP contribution in [-0.2, 0) is 25.5 Å². The van der Waals surface area contributed by atoms with E-state index in [1.807, 2.05) is 44.2 Å². The molecule has 7 heteroatoms. The van der Waals surface area contributed by atoms with Crippen molar-refractivity contribution in [1.82, 2.24) is 10.6 Å². The van der Waals surface area contributed by atoms with Crippen molar-refractivity contribution in [1.29, 1.82) is 0 Å². The minimum absolute atomic E-state index is 0.135. The van der Waals surface area contributed by atoms with Crippen LogP contribution in [0.1, 0.15) is 39.7 Å². The van der Waals surface area contributed by atoms with Crippen molar-refractivity contribution >= 4 is 11.8 Å². The van der Waals surface area contributed by atoms with Crippen molar-refractivity contribution in [2.45, 2.75) is 58.5 Å². The zero-order chi connectivity index (χ0) is 20.8. The zero-order valence-electron chi connectivity index (χ0n) is 17.2. The van der Waals surface area contributed by atoms with Crippen LogP contribution in [0.2, 0.25) is 0 Å². The first-order valence-corrected chi connectivity index (χ1v) is 9.70. The second-order valence-electron chi connectivity index (χ2n) is 8.30. The Morgan fingerprint density at radius 1 is 1.14 bits per heavy atom.